The van der Waals surface area contributed by atoms with Crippen molar-refractivity contribution in [2.75, 3.05) is 10.6 Å². The summed E-state index contributed by atoms with van der Waals surface area (Å²) in [5.74, 6) is 0.970. The Kier molecular flexibility index (Phi) is 4.83. The Balaban J connectivity index is 2.21. The largest absolute Gasteiger partial charge is 0.466 e. The molecule has 2 rings (SSSR count). The molecule has 5 nitrogen and oxygen atoms in total. The van der Waals surface area contributed by atoms with Gasteiger partial charge in [0.15, 0.2) is 0 Å². The molecule has 0 radical (unpaired) electrons. The molecule has 0 saturated carbocycles. The molecule has 0 aliphatic rings. The first-order valence-electron chi connectivity index (χ1n) is 7.88. The molecule has 0 bridgehead atoms. The number of aryl methyl sites for hydroxylation is 3. The van der Waals surface area contributed by atoms with Crippen LogP contribution in [0.4, 0.5) is 11.4 Å². The molecular weight excluding hydrogens is 304 g/mol. The summed E-state index contributed by atoms with van der Waals surface area (Å²) in [5, 5.41) is 5.75. The SMILES string of the molecule is Cc1cc(C(=O)Nc2cc(NC(=O)C(C)(C)C)ccc2C)c(C)o1. The van der Waals surface area contributed by atoms with E-state index in [-0.39, 0.29) is 11.8 Å². The summed E-state index contributed by atoms with van der Waals surface area (Å²) in [4.78, 5) is 24.5. The fourth-order valence-corrected chi connectivity index (χ4v) is 2.20. The van der Waals surface area contributed by atoms with Crippen LogP contribution in [0.3, 0.4) is 0 Å². The maximum atomic E-state index is 12.4. The second-order valence-corrected chi connectivity index (χ2v) is 7.01. The lowest BCUT2D eigenvalue weighted by Crippen LogP contribution is -2.27. The van der Waals surface area contributed by atoms with Crippen LogP contribution in [0, 0.1) is 26.2 Å². The van der Waals surface area contributed by atoms with E-state index < -0.39 is 5.41 Å². The highest BCUT2D eigenvalue weighted by Gasteiger charge is 2.21. The molecule has 2 amide bonds. The molecule has 0 unspecified atom stereocenters. The lowest BCUT2D eigenvalue weighted by molar-refractivity contribution is -0.123. The molecule has 5 heteroatoms. The van der Waals surface area contributed by atoms with Crippen LogP contribution in [0.5, 0.6) is 0 Å². The Hall–Kier alpha value is -2.56. The van der Waals surface area contributed by atoms with Gasteiger partial charge in [-0.05, 0) is 44.5 Å². The zero-order chi connectivity index (χ0) is 18.1. The minimum Gasteiger partial charge on any atom is -0.466 e. The Morgan fingerprint density at radius 1 is 1.00 bits per heavy atom. The lowest BCUT2D eigenvalue weighted by Gasteiger charge is -2.18. The second-order valence-electron chi connectivity index (χ2n) is 7.01. The predicted octanol–water partition coefficient (Wildman–Crippen LogP) is 4.44. The van der Waals surface area contributed by atoms with Crippen molar-refractivity contribution in [3.8, 4) is 0 Å². The smallest absolute Gasteiger partial charge is 0.259 e. The number of anilines is 2. The van der Waals surface area contributed by atoms with Gasteiger partial charge in [-0.2, -0.15) is 0 Å². The predicted molar refractivity (Wildman–Crippen MR) is 95.4 cm³/mol. The first kappa shape index (κ1) is 17.8. The van der Waals surface area contributed by atoms with E-state index in [1.165, 1.54) is 0 Å². The number of nitrogens with one attached hydrogen (secondary N) is 2. The molecule has 0 fully saturated rings. The van der Waals surface area contributed by atoms with Gasteiger partial charge < -0.3 is 15.1 Å². The Labute approximate surface area is 142 Å². The van der Waals surface area contributed by atoms with E-state index in [0.29, 0.717) is 28.5 Å². The van der Waals surface area contributed by atoms with Gasteiger partial charge in [0.1, 0.15) is 11.5 Å². The van der Waals surface area contributed by atoms with Gasteiger partial charge in [-0.1, -0.05) is 26.8 Å². The molecule has 2 aromatic rings. The van der Waals surface area contributed by atoms with Crippen molar-refractivity contribution in [3.05, 3.63) is 46.9 Å². The minimum atomic E-state index is -0.486. The molecule has 128 valence electrons. The van der Waals surface area contributed by atoms with E-state index >= 15 is 0 Å². The molecule has 1 aromatic heterocycles. The number of carbonyl (C=O) groups is 2. The molecule has 1 aromatic carbocycles. The second kappa shape index (κ2) is 6.51. The van der Waals surface area contributed by atoms with Gasteiger partial charge in [0.25, 0.3) is 5.91 Å². The summed E-state index contributed by atoms with van der Waals surface area (Å²) in [6.45, 7) is 11.0. The lowest BCUT2D eigenvalue weighted by atomic mass is 9.95. The summed E-state index contributed by atoms with van der Waals surface area (Å²) in [7, 11) is 0. The maximum Gasteiger partial charge on any atom is 0.259 e. The van der Waals surface area contributed by atoms with E-state index in [0.717, 1.165) is 5.56 Å². The van der Waals surface area contributed by atoms with Gasteiger partial charge in [0, 0.05) is 16.8 Å². The fourth-order valence-electron chi connectivity index (χ4n) is 2.20. The van der Waals surface area contributed by atoms with Crippen molar-refractivity contribution in [1.29, 1.82) is 0 Å². The van der Waals surface area contributed by atoms with Crippen LogP contribution in [0.2, 0.25) is 0 Å². The molecule has 0 spiro atoms. The Morgan fingerprint density at radius 2 is 1.67 bits per heavy atom. The molecule has 0 aliphatic heterocycles. The third kappa shape index (κ3) is 4.04. The highest BCUT2D eigenvalue weighted by Crippen LogP contribution is 2.24. The standard InChI is InChI=1S/C19H24N2O3/c1-11-7-8-14(20-18(23)19(4,5)6)10-16(11)21-17(22)15-9-12(2)24-13(15)3/h7-10H,1-6H3,(H,20,23)(H,21,22). The van der Waals surface area contributed by atoms with Crippen molar-refractivity contribution < 1.29 is 14.0 Å². The normalized spacial score (nSPS) is 11.2. The Morgan fingerprint density at radius 3 is 2.21 bits per heavy atom. The molecule has 2 N–H and O–H groups in total. The van der Waals surface area contributed by atoms with E-state index in [1.54, 1.807) is 26.0 Å². The van der Waals surface area contributed by atoms with Crippen LogP contribution in [0.25, 0.3) is 0 Å². The number of rotatable bonds is 3. The number of furan rings is 1. The summed E-state index contributed by atoms with van der Waals surface area (Å²) in [6, 6.07) is 7.16. The molecule has 0 saturated heterocycles. The molecule has 24 heavy (non-hydrogen) atoms. The van der Waals surface area contributed by atoms with Crippen LogP contribution in [-0.2, 0) is 4.79 Å². The number of hydrogen-bond acceptors (Lipinski definition) is 3. The monoisotopic (exact) mass is 328 g/mol. The quantitative estimate of drug-likeness (QED) is 0.875. The fraction of sp³-hybridized carbons (Fsp3) is 0.368. The summed E-state index contributed by atoms with van der Waals surface area (Å²) < 4.78 is 5.40. The van der Waals surface area contributed by atoms with Crippen molar-refractivity contribution in [2.45, 2.75) is 41.5 Å². The maximum absolute atomic E-state index is 12.4. The third-order valence-corrected chi connectivity index (χ3v) is 3.71. The van der Waals surface area contributed by atoms with Gasteiger partial charge in [-0.15, -0.1) is 0 Å². The van der Waals surface area contributed by atoms with Gasteiger partial charge in [0.2, 0.25) is 5.91 Å². The number of hydrogen-bond donors (Lipinski definition) is 2. The van der Waals surface area contributed by atoms with Crippen LogP contribution in [0.15, 0.2) is 28.7 Å². The first-order valence-corrected chi connectivity index (χ1v) is 7.88. The number of amides is 2. The zero-order valence-electron chi connectivity index (χ0n) is 15.0. The van der Waals surface area contributed by atoms with Gasteiger partial charge in [0.05, 0.1) is 5.56 Å². The van der Waals surface area contributed by atoms with Gasteiger partial charge >= 0.3 is 0 Å². The van der Waals surface area contributed by atoms with Crippen LogP contribution < -0.4 is 10.6 Å². The number of benzene rings is 1. The topological polar surface area (TPSA) is 71.3 Å². The van der Waals surface area contributed by atoms with E-state index in [4.69, 9.17) is 4.42 Å². The van der Waals surface area contributed by atoms with Crippen LogP contribution in [-0.4, -0.2) is 11.8 Å². The Bertz CT molecular complexity index is 782. The average molecular weight is 328 g/mol. The third-order valence-electron chi connectivity index (χ3n) is 3.71. The molecule has 1 heterocycles. The van der Waals surface area contributed by atoms with Crippen molar-refractivity contribution in [2.24, 2.45) is 5.41 Å². The summed E-state index contributed by atoms with van der Waals surface area (Å²) in [5.41, 5.74) is 2.24. The van der Waals surface area contributed by atoms with Crippen molar-refractivity contribution >= 4 is 23.2 Å². The molecular formula is C19H24N2O3. The van der Waals surface area contributed by atoms with Crippen LogP contribution in [0.1, 0.15) is 48.2 Å². The highest BCUT2D eigenvalue weighted by molar-refractivity contribution is 6.06. The van der Waals surface area contributed by atoms with E-state index in [9.17, 15) is 9.59 Å². The molecule has 0 atom stereocenters. The van der Waals surface area contributed by atoms with Crippen LogP contribution >= 0.6 is 0 Å². The first-order chi connectivity index (χ1) is 11.1. The molecule has 0 aliphatic carbocycles. The van der Waals surface area contributed by atoms with E-state index in [1.807, 2.05) is 39.8 Å². The minimum absolute atomic E-state index is 0.0788. The number of carbonyl (C=O) groups excluding carboxylic acids is 2. The highest BCUT2D eigenvalue weighted by atomic mass is 16.3. The van der Waals surface area contributed by atoms with Gasteiger partial charge in [-0.3, -0.25) is 9.59 Å². The summed E-state index contributed by atoms with van der Waals surface area (Å²) in [6.07, 6.45) is 0. The zero-order valence-corrected chi connectivity index (χ0v) is 15.0. The van der Waals surface area contributed by atoms with Crippen molar-refractivity contribution in [3.63, 3.8) is 0 Å². The average Bonchev–Trinajstić information content (AvgIpc) is 2.80. The van der Waals surface area contributed by atoms with Crippen molar-refractivity contribution in [1.82, 2.24) is 0 Å². The van der Waals surface area contributed by atoms with E-state index in [2.05, 4.69) is 10.6 Å². The summed E-state index contributed by atoms with van der Waals surface area (Å²) >= 11 is 0. The van der Waals surface area contributed by atoms with Gasteiger partial charge in [-0.25, -0.2) is 0 Å².